The second-order valence-corrected chi connectivity index (χ2v) is 7.69. The van der Waals surface area contributed by atoms with Gasteiger partial charge < -0.3 is 10.6 Å². The van der Waals surface area contributed by atoms with E-state index >= 15 is 0 Å². The molecule has 1 amide bonds. The molecule has 22 heavy (non-hydrogen) atoms. The van der Waals surface area contributed by atoms with E-state index in [9.17, 15) is 4.79 Å². The van der Waals surface area contributed by atoms with Crippen LogP contribution in [0.1, 0.15) is 34.0 Å². The Morgan fingerprint density at radius 2 is 2.18 bits per heavy atom. The third-order valence-corrected chi connectivity index (χ3v) is 5.91. The van der Waals surface area contributed by atoms with E-state index in [1.807, 2.05) is 40.2 Å². The van der Waals surface area contributed by atoms with Gasteiger partial charge in [-0.1, -0.05) is 37.3 Å². The van der Waals surface area contributed by atoms with E-state index in [1.54, 1.807) is 0 Å². The van der Waals surface area contributed by atoms with Gasteiger partial charge in [0.25, 0.3) is 5.91 Å². The molecule has 2 N–H and O–H groups in total. The summed E-state index contributed by atoms with van der Waals surface area (Å²) in [4.78, 5) is 19.2. The van der Waals surface area contributed by atoms with Crippen LogP contribution in [0.3, 0.4) is 0 Å². The van der Waals surface area contributed by atoms with Crippen molar-refractivity contribution in [2.24, 2.45) is 5.73 Å². The molecule has 0 unspecified atom stereocenters. The minimum absolute atomic E-state index is 0.0111. The fourth-order valence-corrected chi connectivity index (χ4v) is 4.61. The fourth-order valence-electron chi connectivity index (χ4n) is 2.80. The van der Waals surface area contributed by atoms with Crippen LogP contribution in [0.4, 0.5) is 0 Å². The van der Waals surface area contributed by atoms with Gasteiger partial charge in [0, 0.05) is 29.5 Å². The summed E-state index contributed by atoms with van der Waals surface area (Å²) < 4.78 is 0. The van der Waals surface area contributed by atoms with Crippen molar-refractivity contribution in [2.75, 3.05) is 12.3 Å². The number of carbonyl (C=O) groups is 1. The zero-order valence-corrected chi connectivity index (χ0v) is 14.1. The number of nitrogens with zero attached hydrogens (tertiary/aromatic N) is 2. The molecular formula is C16H19N3OS2. The number of carbonyl (C=O) groups excluding carboxylic acids is 1. The van der Waals surface area contributed by atoms with Crippen molar-refractivity contribution in [1.29, 1.82) is 0 Å². The summed E-state index contributed by atoms with van der Waals surface area (Å²) >= 11 is 3.37. The normalized spacial score (nSPS) is 21.8. The summed E-state index contributed by atoms with van der Waals surface area (Å²) in [5.74, 6) is 0.973. The maximum Gasteiger partial charge on any atom is 0.273 e. The second-order valence-electron chi connectivity index (χ2n) is 5.26. The first-order valence-electron chi connectivity index (χ1n) is 7.32. The van der Waals surface area contributed by atoms with Gasteiger partial charge in [0.15, 0.2) is 0 Å². The van der Waals surface area contributed by atoms with Crippen molar-refractivity contribution in [3.05, 3.63) is 52.0 Å². The standard InChI is InChI=1S/C16H19N3OS2/c1-11-15(12-5-3-2-4-6-12)19(7-8-21-11)16(20)13-10-22-14(9-17)18-13/h2-6,10-11,15H,7-9,17H2,1H3/t11-,15-/m0/s1. The Morgan fingerprint density at radius 1 is 1.41 bits per heavy atom. The molecule has 1 saturated heterocycles. The van der Waals surface area contributed by atoms with E-state index in [1.165, 1.54) is 16.9 Å². The lowest BCUT2D eigenvalue weighted by molar-refractivity contribution is 0.0675. The number of amides is 1. The molecule has 0 radical (unpaired) electrons. The first-order valence-corrected chi connectivity index (χ1v) is 9.25. The van der Waals surface area contributed by atoms with E-state index in [0.29, 0.717) is 17.5 Å². The number of thiazole rings is 1. The molecule has 1 aliphatic heterocycles. The maximum atomic E-state index is 12.9. The molecule has 1 aromatic heterocycles. The third kappa shape index (κ3) is 3.04. The van der Waals surface area contributed by atoms with Crippen LogP contribution >= 0.6 is 23.1 Å². The smallest absolute Gasteiger partial charge is 0.273 e. The largest absolute Gasteiger partial charge is 0.328 e. The number of hydrogen-bond acceptors (Lipinski definition) is 5. The molecule has 2 aromatic rings. The molecule has 1 aliphatic rings. The average Bonchev–Trinajstić information content (AvgIpc) is 3.04. The molecule has 2 atom stereocenters. The van der Waals surface area contributed by atoms with Gasteiger partial charge in [0.2, 0.25) is 0 Å². The van der Waals surface area contributed by atoms with Gasteiger partial charge >= 0.3 is 0 Å². The fraction of sp³-hybridized carbons (Fsp3) is 0.375. The Hall–Kier alpha value is -1.37. The van der Waals surface area contributed by atoms with Crippen LogP contribution in [0.25, 0.3) is 0 Å². The quantitative estimate of drug-likeness (QED) is 0.938. The van der Waals surface area contributed by atoms with Crippen molar-refractivity contribution >= 4 is 29.0 Å². The maximum absolute atomic E-state index is 12.9. The van der Waals surface area contributed by atoms with E-state index in [2.05, 4.69) is 24.0 Å². The molecule has 2 heterocycles. The molecule has 0 bridgehead atoms. The number of nitrogens with two attached hydrogens (primary N) is 1. The van der Waals surface area contributed by atoms with E-state index in [-0.39, 0.29) is 11.9 Å². The van der Waals surface area contributed by atoms with Gasteiger partial charge in [-0.05, 0) is 5.56 Å². The molecular weight excluding hydrogens is 314 g/mol. The van der Waals surface area contributed by atoms with Crippen LogP contribution in [0.15, 0.2) is 35.7 Å². The number of hydrogen-bond donors (Lipinski definition) is 1. The van der Waals surface area contributed by atoms with Crippen molar-refractivity contribution in [1.82, 2.24) is 9.88 Å². The summed E-state index contributed by atoms with van der Waals surface area (Å²) in [6, 6.07) is 10.3. The Morgan fingerprint density at radius 3 is 2.86 bits per heavy atom. The van der Waals surface area contributed by atoms with E-state index in [0.717, 1.165) is 17.3 Å². The molecule has 6 heteroatoms. The number of rotatable bonds is 3. The van der Waals surface area contributed by atoms with Gasteiger partial charge in [-0.25, -0.2) is 4.98 Å². The third-order valence-electron chi connectivity index (χ3n) is 3.84. The minimum atomic E-state index is 0.0111. The SMILES string of the molecule is C[C@@H]1SCCN(C(=O)c2csc(CN)n2)[C@@H]1c1ccccc1. The lowest BCUT2D eigenvalue weighted by Gasteiger charge is -2.39. The highest BCUT2D eigenvalue weighted by atomic mass is 32.2. The van der Waals surface area contributed by atoms with Crippen LogP contribution in [0, 0.1) is 0 Å². The van der Waals surface area contributed by atoms with Gasteiger partial charge in [-0.2, -0.15) is 11.8 Å². The number of thioether (sulfide) groups is 1. The summed E-state index contributed by atoms with van der Waals surface area (Å²) in [7, 11) is 0. The summed E-state index contributed by atoms with van der Waals surface area (Å²) in [6.45, 7) is 3.32. The van der Waals surface area contributed by atoms with Gasteiger partial charge in [0.1, 0.15) is 10.7 Å². The molecule has 3 rings (SSSR count). The summed E-state index contributed by atoms with van der Waals surface area (Å²) in [6.07, 6.45) is 0. The summed E-state index contributed by atoms with van der Waals surface area (Å²) in [5.41, 5.74) is 7.31. The van der Waals surface area contributed by atoms with Crippen molar-refractivity contribution < 1.29 is 4.79 Å². The number of aromatic nitrogens is 1. The van der Waals surface area contributed by atoms with E-state index < -0.39 is 0 Å². The van der Waals surface area contributed by atoms with Crippen LogP contribution in [0.2, 0.25) is 0 Å². The minimum Gasteiger partial charge on any atom is -0.328 e. The molecule has 1 fully saturated rings. The Labute approximate surface area is 138 Å². The Balaban J connectivity index is 1.90. The van der Waals surface area contributed by atoms with Crippen LogP contribution in [-0.2, 0) is 6.54 Å². The van der Waals surface area contributed by atoms with Crippen LogP contribution in [0.5, 0.6) is 0 Å². The van der Waals surface area contributed by atoms with Crippen molar-refractivity contribution in [3.8, 4) is 0 Å². The molecule has 4 nitrogen and oxygen atoms in total. The second kappa shape index (κ2) is 6.81. The van der Waals surface area contributed by atoms with Crippen molar-refractivity contribution in [2.45, 2.75) is 24.8 Å². The topological polar surface area (TPSA) is 59.2 Å². The predicted octanol–water partition coefficient (Wildman–Crippen LogP) is 2.92. The zero-order valence-electron chi connectivity index (χ0n) is 12.4. The highest BCUT2D eigenvalue weighted by Gasteiger charge is 2.34. The van der Waals surface area contributed by atoms with Crippen LogP contribution < -0.4 is 5.73 Å². The average molecular weight is 333 g/mol. The molecule has 0 spiro atoms. The lowest BCUT2D eigenvalue weighted by Crippen LogP contribution is -2.44. The van der Waals surface area contributed by atoms with Crippen molar-refractivity contribution in [3.63, 3.8) is 0 Å². The molecule has 0 aliphatic carbocycles. The first-order chi connectivity index (χ1) is 10.7. The number of benzene rings is 1. The first kappa shape index (κ1) is 15.5. The molecule has 0 saturated carbocycles. The van der Waals surface area contributed by atoms with Gasteiger partial charge in [-0.3, -0.25) is 4.79 Å². The highest BCUT2D eigenvalue weighted by Crippen LogP contribution is 2.36. The van der Waals surface area contributed by atoms with Gasteiger partial charge in [0.05, 0.1) is 6.04 Å². The van der Waals surface area contributed by atoms with Gasteiger partial charge in [-0.15, -0.1) is 11.3 Å². The lowest BCUT2D eigenvalue weighted by atomic mass is 10.0. The highest BCUT2D eigenvalue weighted by molar-refractivity contribution is 8.00. The van der Waals surface area contributed by atoms with Crippen LogP contribution in [-0.4, -0.2) is 33.3 Å². The van der Waals surface area contributed by atoms with E-state index in [4.69, 9.17) is 5.73 Å². The molecule has 1 aromatic carbocycles. The Bertz CT molecular complexity index is 644. The predicted molar refractivity (Wildman–Crippen MR) is 92.1 cm³/mol. The molecule has 116 valence electrons. The monoisotopic (exact) mass is 333 g/mol. The Kier molecular flexibility index (Phi) is 4.81. The zero-order chi connectivity index (χ0) is 15.5. The summed E-state index contributed by atoms with van der Waals surface area (Å²) in [5, 5.41) is 2.99.